The highest BCUT2D eigenvalue weighted by Crippen LogP contribution is 2.13. The first-order valence-corrected chi connectivity index (χ1v) is 5.43. The van der Waals surface area contributed by atoms with Crippen LogP contribution in [-0.2, 0) is 6.54 Å². The summed E-state index contributed by atoms with van der Waals surface area (Å²) in [4.78, 5) is 8.34. The molecular weight excluding hydrogens is 214 g/mol. The molecule has 0 aliphatic rings. The summed E-state index contributed by atoms with van der Waals surface area (Å²) in [6, 6.07) is 5.77. The number of pyridine rings is 2. The Morgan fingerprint density at radius 1 is 1.24 bits per heavy atom. The number of aromatic nitrogens is 2. The van der Waals surface area contributed by atoms with E-state index in [0.29, 0.717) is 0 Å². The van der Waals surface area contributed by atoms with Gasteiger partial charge in [0.2, 0.25) is 0 Å². The summed E-state index contributed by atoms with van der Waals surface area (Å²) in [5.41, 5.74) is 2.39. The molecule has 0 amide bonds. The summed E-state index contributed by atoms with van der Waals surface area (Å²) in [6.45, 7) is 2.79. The van der Waals surface area contributed by atoms with Crippen LogP contribution in [0.3, 0.4) is 0 Å². The fourth-order valence-electron chi connectivity index (χ4n) is 1.47. The van der Waals surface area contributed by atoms with E-state index in [4.69, 9.17) is 4.74 Å². The molecule has 88 valence electrons. The zero-order valence-electron chi connectivity index (χ0n) is 9.97. The zero-order valence-corrected chi connectivity index (χ0v) is 9.97. The molecule has 17 heavy (non-hydrogen) atoms. The van der Waals surface area contributed by atoms with E-state index in [1.165, 1.54) is 11.1 Å². The van der Waals surface area contributed by atoms with Gasteiger partial charge < -0.3 is 10.1 Å². The lowest BCUT2D eigenvalue weighted by Gasteiger charge is -2.08. The Hall–Kier alpha value is -2.10. The van der Waals surface area contributed by atoms with Crippen molar-refractivity contribution in [1.82, 2.24) is 9.97 Å². The molecule has 2 rings (SSSR count). The van der Waals surface area contributed by atoms with E-state index >= 15 is 0 Å². The summed E-state index contributed by atoms with van der Waals surface area (Å²) in [5.74, 6) is 1.59. The number of hydrogen-bond donors (Lipinski definition) is 1. The fourth-order valence-corrected chi connectivity index (χ4v) is 1.47. The highest BCUT2D eigenvalue weighted by molar-refractivity contribution is 5.38. The number of methoxy groups -OCH3 is 1. The van der Waals surface area contributed by atoms with Crippen LogP contribution in [0.15, 0.2) is 36.8 Å². The molecule has 0 aliphatic heterocycles. The predicted octanol–water partition coefficient (Wildman–Crippen LogP) is 2.41. The second-order valence-corrected chi connectivity index (χ2v) is 3.74. The van der Waals surface area contributed by atoms with E-state index in [2.05, 4.69) is 22.2 Å². The van der Waals surface area contributed by atoms with E-state index in [-0.39, 0.29) is 0 Å². The topological polar surface area (TPSA) is 47.0 Å². The maximum Gasteiger partial charge on any atom is 0.137 e. The maximum atomic E-state index is 5.05. The van der Waals surface area contributed by atoms with Gasteiger partial charge in [0.15, 0.2) is 0 Å². The average Bonchev–Trinajstić information content (AvgIpc) is 2.38. The molecule has 0 aliphatic carbocycles. The summed E-state index contributed by atoms with van der Waals surface area (Å²) >= 11 is 0. The van der Waals surface area contributed by atoms with Crippen LogP contribution >= 0.6 is 0 Å². The molecule has 0 saturated heterocycles. The quantitative estimate of drug-likeness (QED) is 0.874. The SMILES string of the molecule is COc1ccc(NCc2cnccc2C)nc1. The zero-order chi connectivity index (χ0) is 12.1. The molecule has 0 spiro atoms. The standard InChI is InChI=1S/C13H15N3O/c1-10-5-6-14-7-11(10)8-15-13-4-3-12(17-2)9-16-13/h3-7,9H,8H2,1-2H3,(H,15,16). The molecule has 0 saturated carbocycles. The third kappa shape index (κ3) is 2.93. The van der Waals surface area contributed by atoms with E-state index < -0.39 is 0 Å². The first-order chi connectivity index (χ1) is 8.29. The van der Waals surface area contributed by atoms with Gasteiger partial charge in [0.25, 0.3) is 0 Å². The van der Waals surface area contributed by atoms with Gasteiger partial charge in [-0.15, -0.1) is 0 Å². The summed E-state index contributed by atoms with van der Waals surface area (Å²) in [6.07, 6.45) is 5.36. The van der Waals surface area contributed by atoms with Crippen LogP contribution in [-0.4, -0.2) is 17.1 Å². The number of anilines is 1. The Labute approximate surface area is 101 Å². The molecule has 0 bridgehead atoms. The third-order valence-electron chi connectivity index (χ3n) is 2.58. The van der Waals surface area contributed by atoms with Crippen molar-refractivity contribution < 1.29 is 4.74 Å². The number of hydrogen-bond acceptors (Lipinski definition) is 4. The van der Waals surface area contributed by atoms with Gasteiger partial charge >= 0.3 is 0 Å². The van der Waals surface area contributed by atoms with Gasteiger partial charge in [0.05, 0.1) is 13.3 Å². The summed E-state index contributed by atoms with van der Waals surface area (Å²) < 4.78 is 5.05. The fraction of sp³-hybridized carbons (Fsp3) is 0.231. The predicted molar refractivity (Wildman–Crippen MR) is 67.1 cm³/mol. The van der Waals surface area contributed by atoms with Gasteiger partial charge in [-0.25, -0.2) is 4.98 Å². The van der Waals surface area contributed by atoms with Crippen LogP contribution < -0.4 is 10.1 Å². The van der Waals surface area contributed by atoms with Crippen LogP contribution in [0, 0.1) is 6.92 Å². The lowest BCUT2D eigenvalue weighted by molar-refractivity contribution is 0.413. The molecule has 0 fully saturated rings. The first-order valence-electron chi connectivity index (χ1n) is 5.43. The van der Waals surface area contributed by atoms with Gasteiger partial charge in [-0.3, -0.25) is 4.98 Å². The minimum absolute atomic E-state index is 0.721. The van der Waals surface area contributed by atoms with Gasteiger partial charge in [-0.1, -0.05) is 0 Å². The number of nitrogens with zero attached hydrogens (tertiary/aromatic N) is 2. The number of ether oxygens (including phenoxy) is 1. The molecule has 0 radical (unpaired) electrons. The van der Waals surface area contributed by atoms with Crippen LogP contribution in [0.2, 0.25) is 0 Å². The molecule has 2 aromatic rings. The summed E-state index contributed by atoms with van der Waals surface area (Å²) in [7, 11) is 1.63. The number of aryl methyl sites for hydroxylation is 1. The number of nitrogens with one attached hydrogen (secondary N) is 1. The molecule has 1 N–H and O–H groups in total. The molecule has 4 heteroatoms. The van der Waals surface area contributed by atoms with E-state index in [1.54, 1.807) is 19.5 Å². The Morgan fingerprint density at radius 3 is 2.76 bits per heavy atom. The lowest BCUT2D eigenvalue weighted by Crippen LogP contribution is -2.03. The normalized spacial score (nSPS) is 10.0. The molecule has 2 aromatic heterocycles. The number of rotatable bonds is 4. The minimum Gasteiger partial charge on any atom is -0.495 e. The highest BCUT2D eigenvalue weighted by atomic mass is 16.5. The third-order valence-corrected chi connectivity index (χ3v) is 2.58. The van der Waals surface area contributed by atoms with Crippen molar-refractivity contribution in [2.45, 2.75) is 13.5 Å². The monoisotopic (exact) mass is 229 g/mol. The molecular formula is C13H15N3O. The average molecular weight is 229 g/mol. The minimum atomic E-state index is 0.721. The van der Waals surface area contributed by atoms with Crippen molar-refractivity contribution in [3.05, 3.63) is 47.9 Å². The van der Waals surface area contributed by atoms with Crippen molar-refractivity contribution in [3.63, 3.8) is 0 Å². The van der Waals surface area contributed by atoms with Gasteiger partial charge in [0.1, 0.15) is 11.6 Å². The second-order valence-electron chi connectivity index (χ2n) is 3.74. The van der Waals surface area contributed by atoms with Gasteiger partial charge in [-0.2, -0.15) is 0 Å². The molecule has 0 unspecified atom stereocenters. The summed E-state index contributed by atoms with van der Waals surface area (Å²) in [5, 5.41) is 3.25. The van der Waals surface area contributed by atoms with E-state index in [1.807, 2.05) is 24.4 Å². The molecule has 4 nitrogen and oxygen atoms in total. The first kappa shape index (κ1) is 11.4. The second kappa shape index (κ2) is 5.30. The lowest BCUT2D eigenvalue weighted by atomic mass is 10.1. The van der Waals surface area contributed by atoms with E-state index in [0.717, 1.165) is 18.1 Å². The Kier molecular flexibility index (Phi) is 3.55. The van der Waals surface area contributed by atoms with Crippen LogP contribution in [0.5, 0.6) is 5.75 Å². The Morgan fingerprint density at radius 2 is 2.12 bits per heavy atom. The van der Waals surface area contributed by atoms with Gasteiger partial charge in [-0.05, 0) is 36.2 Å². The molecule has 2 heterocycles. The molecule has 0 atom stereocenters. The van der Waals surface area contributed by atoms with Crippen molar-refractivity contribution >= 4 is 5.82 Å². The van der Waals surface area contributed by atoms with Crippen molar-refractivity contribution in [2.75, 3.05) is 12.4 Å². The largest absolute Gasteiger partial charge is 0.495 e. The highest BCUT2D eigenvalue weighted by Gasteiger charge is 1.99. The van der Waals surface area contributed by atoms with Crippen LogP contribution in [0.1, 0.15) is 11.1 Å². The Balaban J connectivity index is 2.00. The maximum absolute atomic E-state index is 5.05. The smallest absolute Gasteiger partial charge is 0.137 e. The molecule has 0 aromatic carbocycles. The van der Waals surface area contributed by atoms with Crippen molar-refractivity contribution in [3.8, 4) is 5.75 Å². The van der Waals surface area contributed by atoms with Crippen molar-refractivity contribution in [1.29, 1.82) is 0 Å². The van der Waals surface area contributed by atoms with Gasteiger partial charge in [0, 0.05) is 18.9 Å². The van der Waals surface area contributed by atoms with Crippen molar-refractivity contribution in [2.24, 2.45) is 0 Å². The van der Waals surface area contributed by atoms with E-state index in [9.17, 15) is 0 Å². The van der Waals surface area contributed by atoms with Crippen LogP contribution in [0.25, 0.3) is 0 Å². The Bertz CT molecular complexity index is 482. The van der Waals surface area contributed by atoms with Crippen LogP contribution in [0.4, 0.5) is 5.82 Å².